The molecule has 0 bridgehead atoms. The molecule has 0 radical (unpaired) electrons. The molecule has 0 aliphatic rings. The number of hydrogen-bond donors (Lipinski definition) is 1. The molecule has 0 fully saturated rings. The quantitative estimate of drug-likeness (QED) is 0.189. The van der Waals surface area contributed by atoms with Gasteiger partial charge in [-0.15, -0.1) is 11.8 Å². The minimum Gasteiger partial charge on any atom is -0.496 e. The van der Waals surface area contributed by atoms with Gasteiger partial charge in [-0.2, -0.15) is 9.61 Å². The first-order chi connectivity index (χ1) is 18.9. The molecule has 0 unspecified atom stereocenters. The van der Waals surface area contributed by atoms with Crippen molar-refractivity contribution in [3.8, 4) is 28.3 Å². The molecule has 200 valence electrons. The second kappa shape index (κ2) is 11.2. The van der Waals surface area contributed by atoms with E-state index in [4.69, 9.17) is 19.6 Å². The van der Waals surface area contributed by atoms with Crippen LogP contribution in [0, 0.1) is 6.92 Å². The van der Waals surface area contributed by atoms with E-state index in [2.05, 4.69) is 22.4 Å². The van der Waals surface area contributed by atoms with Crippen LogP contribution in [0.2, 0.25) is 0 Å². The molecule has 9 nitrogen and oxygen atoms in total. The molecule has 0 spiro atoms. The highest BCUT2D eigenvalue weighted by molar-refractivity contribution is 7.98. The van der Waals surface area contributed by atoms with Gasteiger partial charge >= 0.3 is 5.97 Å². The number of benzene rings is 2. The van der Waals surface area contributed by atoms with Crippen LogP contribution in [-0.2, 0) is 18.3 Å². The summed E-state index contributed by atoms with van der Waals surface area (Å²) in [5.74, 6) is 1.85. The lowest BCUT2D eigenvalue weighted by Gasteiger charge is -2.12. The number of hydrogen-bond acceptors (Lipinski definition) is 8. The second-order valence-electron chi connectivity index (χ2n) is 8.93. The molecule has 10 heteroatoms. The van der Waals surface area contributed by atoms with E-state index in [1.165, 1.54) is 0 Å². The summed E-state index contributed by atoms with van der Waals surface area (Å²) in [5, 5.41) is 8.27. The summed E-state index contributed by atoms with van der Waals surface area (Å²) in [6.45, 7) is 4.49. The molecule has 0 aliphatic carbocycles. The number of thioether (sulfide) groups is 1. The van der Waals surface area contributed by atoms with Crippen molar-refractivity contribution in [2.75, 3.05) is 25.3 Å². The van der Waals surface area contributed by atoms with Crippen molar-refractivity contribution < 1.29 is 14.3 Å². The van der Waals surface area contributed by atoms with Gasteiger partial charge in [-0.05, 0) is 49.4 Å². The third-order valence-corrected chi connectivity index (χ3v) is 7.16. The van der Waals surface area contributed by atoms with Crippen molar-refractivity contribution in [2.24, 2.45) is 7.05 Å². The van der Waals surface area contributed by atoms with Gasteiger partial charge in [0.25, 0.3) is 0 Å². The molecular weight excluding hydrogens is 512 g/mol. The molecule has 0 saturated carbocycles. The zero-order valence-electron chi connectivity index (χ0n) is 22.6. The number of anilines is 1. The number of fused-ring (bicyclic) bond motifs is 1. The second-order valence-corrected chi connectivity index (χ2v) is 9.78. The fourth-order valence-corrected chi connectivity index (χ4v) is 5.14. The van der Waals surface area contributed by atoms with E-state index in [0.29, 0.717) is 18.0 Å². The Morgan fingerprint density at radius 1 is 1.13 bits per heavy atom. The van der Waals surface area contributed by atoms with Crippen molar-refractivity contribution in [3.63, 3.8) is 0 Å². The van der Waals surface area contributed by atoms with E-state index in [1.807, 2.05) is 61.3 Å². The van der Waals surface area contributed by atoms with Gasteiger partial charge in [-0.1, -0.05) is 24.3 Å². The van der Waals surface area contributed by atoms with Gasteiger partial charge in [0.05, 0.1) is 19.4 Å². The van der Waals surface area contributed by atoms with Crippen molar-refractivity contribution in [2.45, 2.75) is 25.3 Å². The molecule has 5 rings (SSSR count). The minimum absolute atomic E-state index is 0.216. The molecular formula is C29H30N6O3S. The summed E-state index contributed by atoms with van der Waals surface area (Å²) in [4.78, 5) is 22.9. The summed E-state index contributed by atoms with van der Waals surface area (Å²) in [7, 11) is 3.63. The molecule has 3 heterocycles. The smallest absolute Gasteiger partial charge is 0.357 e. The van der Waals surface area contributed by atoms with E-state index in [-0.39, 0.29) is 12.3 Å². The average molecular weight is 543 g/mol. The maximum atomic E-state index is 12.8. The Morgan fingerprint density at radius 3 is 2.69 bits per heavy atom. The van der Waals surface area contributed by atoms with Crippen LogP contribution in [0.25, 0.3) is 28.2 Å². The fraction of sp³-hybridized carbons (Fsp3) is 0.241. The van der Waals surface area contributed by atoms with E-state index in [1.54, 1.807) is 42.6 Å². The van der Waals surface area contributed by atoms with Gasteiger partial charge in [0.1, 0.15) is 17.4 Å². The predicted octanol–water partition coefficient (Wildman–Crippen LogP) is 5.62. The van der Waals surface area contributed by atoms with Crippen molar-refractivity contribution in [1.29, 1.82) is 0 Å². The Bertz CT molecular complexity index is 1660. The van der Waals surface area contributed by atoms with Gasteiger partial charge < -0.3 is 19.4 Å². The summed E-state index contributed by atoms with van der Waals surface area (Å²) < 4.78 is 14.5. The number of esters is 1. The molecule has 0 amide bonds. The maximum absolute atomic E-state index is 12.8. The van der Waals surface area contributed by atoms with Gasteiger partial charge in [0.2, 0.25) is 0 Å². The standard InChI is InChI=1S/C29H30N6O3S/c1-6-38-29(36)22-16-25(31-17-19-8-7-9-21(14-19)27-30-12-13-34(27)3)35-28(32-22)26(18(2)33-35)20-10-11-23(37-4)24(15-20)39-5/h7-16,31H,6,17H2,1-5H3. The lowest BCUT2D eigenvalue weighted by molar-refractivity contribution is 0.0519. The number of rotatable bonds is 9. The highest BCUT2D eigenvalue weighted by Crippen LogP contribution is 2.36. The van der Waals surface area contributed by atoms with Crippen molar-refractivity contribution >= 4 is 29.2 Å². The van der Waals surface area contributed by atoms with Crippen molar-refractivity contribution in [1.82, 2.24) is 24.1 Å². The van der Waals surface area contributed by atoms with Crippen LogP contribution in [0.5, 0.6) is 5.75 Å². The number of nitrogens with one attached hydrogen (secondary N) is 1. The minimum atomic E-state index is -0.482. The summed E-state index contributed by atoms with van der Waals surface area (Å²) >= 11 is 1.60. The number of carbonyl (C=O) groups excluding carboxylic acids is 1. The fourth-order valence-electron chi connectivity index (χ4n) is 4.55. The normalized spacial score (nSPS) is 11.1. The maximum Gasteiger partial charge on any atom is 0.357 e. The van der Waals surface area contributed by atoms with Crippen LogP contribution in [0.15, 0.2) is 65.8 Å². The Kier molecular flexibility index (Phi) is 7.56. The predicted molar refractivity (Wildman–Crippen MR) is 153 cm³/mol. The summed E-state index contributed by atoms with van der Waals surface area (Å²) in [5.41, 5.74) is 5.44. The lowest BCUT2D eigenvalue weighted by atomic mass is 10.1. The van der Waals surface area contributed by atoms with Crippen LogP contribution in [0.1, 0.15) is 28.7 Å². The molecule has 0 saturated heterocycles. The molecule has 5 aromatic rings. The molecule has 3 aromatic heterocycles. The summed E-state index contributed by atoms with van der Waals surface area (Å²) in [6, 6.07) is 15.9. The first-order valence-electron chi connectivity index (χ1n) is 12.5. The van der Waals surface area contributed by atoms with Crippen LogP contribution in [-0.4, -0.2) is 50.1 Å². The Hall–Kier alpha value is -4.31. The molecule has 0 atom stereocenters. The zero-order chi connectivity index (χ0) is 27.5. The molecule has 39 heavy (non-hydrogen) atoms. The number of aromatic nitrogens is 5. The largest absolute Gasteiger partial charge is 0.496 e. The molecule has 2 aromatic carbocycles. The van der Waals surface area contributed by atoms with Gasteiger partial charge in [0, 0.05) is 48.1 Å². The number of ether oxygens (including phenoxy) is 2. The Morgan fingerprint density at radius 2 is 1.97 bits per heavy atom. The number of aryl methyl sites for hydroxylation is 2. The van der Waals surface area contributed by atoms with Gasteiger partial charge in [-0.3, -0.25) is 0 Å². The van der Waals surface area contributed by atoms with E-state index in [9.17, 15) is 4.79 Å². The topological polar surface area (TPSA) is 95.6 Å². The average Bonchev–Trinajstić information content (AvgIpc) is 3.53. The van der Waals surface area contributed by atoms with Gasteiger partial charge in [0.15, 0.2) is 11.3 Å². The number of imidazole rings is 1. The molecule has 0 aliphatic heterocycles. The van der Waals surface area contributed by atoms with E-state index in [0.717, 1.165) is 44.4 Å². The Labute approximate surface area is 231 Å². The van der Waals surface area contributed by atoms with Crippen LogP contribution >= 0.6 is 11.8 Å². The zero-order valence-corrected chi connectivity index (χ0v) is 23.4. The van der Waals surface area contributed by atoms with E-state index >= 15 is 0 Å². The first kappa shape index (κ1) is 26.3. The van der Waals surface area contributed by atoms with Crippen LogP contribution in [0.4, 0.5) is 5.82 Å². The first-order valence-corrected chi connectivity index (χ1v) is 13.8. The third-order valence-electron chi connectivity index (χ3n) is 6.40. The monoisotopic (exact) mass is 542 g/mol. The summed E-state index contributed by atoms with van der Waals surface area (Å²) in [6.07, 6.45) is 5.72. The highest BCUT2D eigenvalue weighted by Gasteiger charge is 2.21. The Balaban J connectivity index is 1.57. The third kappa shape index (κ3) is 5.20. The van der Waals surface area contributed by atoms with Crippen LogP contribution < -0.4 is 10.1 Å². The van der Waals surface area contributed by atoms with Crippen molar-refractivity contribution in [3.05, 3.63) is 77.9 Å². The molecule has 1 N–H and O–H groups in total. The number of nitrogens with zero attached hydrogens (tertiary/aromatic N) is 5. The van der Waals surface area contributed by atoms with Gasteiger partial charge in [-0.25, -0.2) is 14.8 Å². The SMILES string of the molecule is CCOC(=O)c1cc(NCc2cccc(-c3nccn3C)c2)n2nc(C)c(-c3ccc(OC)c(SC)c3)c2n1. The lowest BCUT2D eigenvalue weighted by Crippen LogP contribution is -2.12. The van der Waals surface area contributed by atoms with E-state index < -0.39 is 5.97 Å². The van der Waals surface area contributed by atoms with Crippen LogP contribution in [0.3, 0.4) is 0 Å². The number of carbonyl (C=O) groups is 1. The highest BCUT2D eigenvalue weighted by atomic mass is 32.2. The number of methoxy groups -OCH3 is 1.